The van der Waals surface area contributed by atoms with E-state index in [1.165, 1.54) is 18.3 Å². The second kappa shape index (κ2) is 6.14. The lowest BCUT2D eigenvalue weighted by atomic mass is 10.2. The first-order chi connectivity index (χ1) is 10.4. The molecule has 0 fully saturated rings. The molecule has 0 bridgehead atoms. The maximum Gasteiger partial charge on any atom is 0.299 e. The first kappa shape index (κ1) is 15.3. The van der Waals surface area contributed by atoms with Crippen molar-refractivity contribution >= 4 is 34.6 Å². The Bertz CT molecular complexity index is 763. The van der Waals surface area contributed by atoms with Crippen molar-refractivity contribution in [1.82, 2.24) is 4.98 Å². The number of non-ortho nitro benzene ring substituents is 1. The molecule has 1 N–H and O–H groups in total. The lowest BCUT2D eigenvalue weighted by Crippen LogP contribution is -2.13. The second-order valence-corrected chi connectivity index (χ2v) is 4.43. The number of aromatic nitrogens is 1. The van der Waals surface area contributed by atoms with E-state index in [0.717, 1.165) is 18.2 Å². The average Bonchev–Trinajstić information content (AvgIpc) is 2.47. The Morgan fingerprint density at radius 3 is 2.41 bits per heavy atom. The third-order valence-corrected chi connectivity index (χ3v) is 2.85. The molecule has 0 aliphatic heterocycles. The predicted molar refractivity (Wildman–Crippen MR) is 77.0 cm³/mol. The molecule has 10 heteroatoms. The molecule has 0 saturated heterocycles. The van der Waals surface area contributed by atoms with E-state index >= 15 is 0 Å². The summed E-state index contributed by atoms with van der Waals surface area (Å²) in [7, 11) is 0. The number of benzene rings is 1. The third kappa shape index (κ3) is 3.33. The van der Waals surface area contributed by atoms with E-state index in [-0.39, 0.29) is 16.4 Å². The van der Waals surface area contributed by atoms with Crippen LogP contribution in [-0.4, -0.2) is 20.7 Å². The van der Waals surface area contributed by atoms with E-state index in [1.807, 2.05) is 0 Å². The molecule has 22 heavy (non-hydrogen) atoms. The summed E-state index contributed by atoms with van der Waals surface area (Å²) in [5.74, 6) is -0.652. The fourth-order valence-corrected chi connectivity index (χ4v) is 1.71. The number of carbonyl (C=O) groups is 1. The minimum absolute atomic E-state index is 0.136. The topological polar surface area (TPSA) is 128 Å². The highest BCUT2D eigenvalue weighted by Gasteiger charge is 2.21. The van der Waals surface area contributed by atoms with Crippen LogP contribution in [0.5, 0.6) is 0 Å². The van der Waals surface area contributed by atoms with Gasteiger partial charge < -0.3 is 5.32 Å². The van der Waals surface area contributed by atoms with Crippen LogP contribution in [0.15, 0.2) is 36.5 Å². The van der Waals surface area contributed by atoms with Gasteiger partial charge in [-0.3, -0.25) is 25.0 Å². The summed E-state index contributed by atoms with van der Waals surface area (Å²) in [6.45, 7) is 0. The number of amides is 1. The molecule has 9 nitrogen and oxygen atoms in total. The van der Waals surface area contributed by atoms with Crippen LogP contribution in [0.25, 0.3) is 0 Å². The number of carbonyl (C=O) groups excluding carboxylic acids is 1. The van der Waals surface area contributed by atoms with Gasteiger partial charge >= 0.3 is 0 Å². The highest BCUT2D eigenvalue weighted by atomic mass is 35.5. The van der Waals surface area contributed by atoms with Crippen molar-refractivity contribution in [2.24, 2.45) is 0 Å². The zero-order chi connectivity index (χ0) is 16.3. The highest BCUT2D eigenvalue weighted by Crippen LogP contribution is 2.29. The summed E-state index contributed by atoms with van der Waals surface area (Å²) in [6, 6.07) is 5.71. The lowest BCUT2D eigenvalue weighted by molar-refractivity contribution is -0.393. The second-order valence-electron chi connectivity index (χ2n) is 4.04. The smallest absolute Gasteiger partial charge is 0.299 e. The Morgan fingerprint density at radius 1 is 1.14 bits per heavy atom. The Kier molecular flexibility index (Phi) is 4.28. The van der Waals surface area contributed by atoms with Crippen LogP contribution in [-0.2, 0) is 0 Å². The summed E-state index contributed by atoms with van der Waals surface area (Å²) in [4.78, 5) is 35.7. The van der Waals surface area contributed by atoms with Gasteiger partial charge in [-0.1, -0.05) is 11.6 Å². The Hall–Kier alpha value is -3.07. The van der Waals surface area contributed by atoms with Gasteiger partial charge in [0.15, 0.2) is 0 Å². The van der Waals surface area contributed by atoms with Crippen molar-refractivity contribution < 1.29 is 14.6 Å². The molecule has 0 radical (unpaired) electrons. The number of pyridine rings is 1. The third-order valence-electron chi connectivity index (χ3n) is 2.63. The number of nitro benzene ring substituents is 2. The number of halogens is 1. The standard InChI is InChI=1S/C12H7ClN4O5/c13-11-4-1-7(6-14-11)12(18)15-9-3-2-8(16(19)20)5-10(9)17(21)22/h1-6H,(H,15,18). The summed E-state index contributed by atoms with van der Waals surface area (Å²) < 4.78 is 0. The fraction of sp³-hybridized carbons (Fsp3) is 0. The molecule has 0 saturated carbocycles. The van der Waals surface area contributed by atoms with Gasteiger partial charge in [0.1, 0.15) is 10.8 Å². The molecule has 1 heterocycles. The molecule has 1 aromatic carbocycles. The van der Waals surface area contributed by atoms with Crippen LogP contribution in [0.4, 0.5) is 17.1 Å². The first-order valence-corrected chi connectivity index (χ1v) is 6.12. The number of nitrogens with zero attached hydrogens (tertiary/aromatic N) is 3. The minimum Gasteiger partial charge on any atom is -0.316 e. The Balaban J connectivity index is 2.32. The zero-order valence-corrected chi connectivity index (χ0v) is 11.5. The number of nitro groups is 2. The van der Waals surface area contributed by atoms with E-state index in [9.17, 15) is 25.0 Å². The molecular formula is C12H7ClN4O5. The first-order valence-electron chi connectivity index (χ1n) is 5.74. The van der Waals surface area contributed by atoms with Crippen LogP contribution in [0.1, 0.15) is 10.4 Å². The number of anilines is 1. The largest absolute Gasteiger partial charge is 0.316 e. The fourth-order valence-electron chi connectivity index (χ4n) is 1.59. The summed E-state index contributed by atoms with van der Waals surface area (Å²) in [5, 5.41) is 24.1. The van der Waals surface area contributed by atoms with Gasteiger partial charge in [0.05, 0.1) is 21.5 Å². The molecule has 1 aromatic heterocycles. The SMILES string of the molecule is O=C(Nc1ccc([N+](=O)[O-])cc1[N+](=O)[O-])c1ccc(Cl)nc1. The number of hydrogen-bond acceptors (Lipinski definition) is 6. The Labute approximate surface area is 127 Å². The van der Waals surface area contributed by atoms with E-state index in [2.05, 4.69) is 10.3 Å². The molecule has 2 rings (SSSR count). The lowest BCUT2D eigenvalue weighted by Gasteiger charge is -2.05. The number of hydrogen-bond donors (Lipinski definition) is 1. The van der Waals surface area contributed by atoms with E-state index in [1.54, 1.807) is 0 Å². The van der Waals surface area contributed by atoms with Gasteiger partial charge in [-0.2, -0.15) is 0 Å². The van der Waals surface area contributed by atoms with Gasteiger partial charge in [0.2, 0.25) is 0 Å². The van der Waals surface area contributed by atoms with Crippen molar-refractivity contribution in [3.63, 3.8) is 0 Å². The van der Waals surface area contributed by atoms with E-state index < -0.39 is 27.1 Å². The monoisotopic (exact) mass is 322 g/mol. The molecule has 0 aliphatic carbocycles. The number of nitrogens with one attached hydrogen (secondary N) is 1. The summed E-state index contributed by atoms with van der Waals surface area (Å²) >= 11 is 5.59. The van der Waals surface area contributed by atoms with Crippen molar-refractivity contribution in [3.05, 3.63) is 67.5 Å². The summed E-state index contributed by atoms with van der Waals surface area (Å²) in [6.07, 6.45) is 1.20. The van der Waals surface area contributed by atoms with Crippen LogP contribution >= 0.6 is 11.6 Å². The maximum absolute atomic E-state index is 12.0. The van der Waals surface area contributed by atoms with Crippen molar-refractivity contribution in [3.8, 4) is 0 Å². The van der Waals surface area contributed by atoms with Crippen LogP contribution < -0.4 is 5.32 Å². The zero-order valence-electron chi connectivity index (χ0n) is 10.7. The van der Waals surface area contributed by atoms with E-state index in [0.29, 0.717) is 0 Å². The summed E-state index contributed by atoms with van der Waals surface area (Å²) in [5.41, 5.74) is -1.05. The van der Waals surface area contributed by atoms with Crippen LogP contribution in [0.2, 0.25) is 5.15 Å². The van der Waals surface area contributed by atoms with Gasteiger partial charge in [-0.25, -0.2) is 4.98 Å². The minimum atomic E-state index is -0.817. The van der Waals surface area contributed by atoms with Gasteiger partial charge in [0.25, 0.3) is 17.3 Å². The van der Waals surface area contributed by atoms with Crippen molar-refractivity contribution in [2.45, 2.75) is 0 Å². The molecule has 0 unspecified atom stereocenters. The normalized spacial score (nSPS) is 10.0. The molecular weight excluding hydrogens is 316 g/mol. The highest BCUT2D eigenvalue weighted by molar-refractivity contribution is 6.29. The quantitative estimate of drug-likeness (QED) is 0.523. The van der Waals surface area contributed by atoms with Crippen molar-refractivity contribution in [2.75, 3.05) is 5.32 Å². The van der Waals surface area contributed by atoms with Crippen LogP contribution in [0, 0.1) is 20.2 Å². The molecule has 0 spiro atoms. The Morgan fingerprint density at radius 2 is 1.86 bits per heavy atom. The molecule has 0 atom stereocenters. The number of rotatable bonds is 4. The van der Waals surface area contributed by atoms with Crippen LogP contribution in [0.3, 0.4) is 0 Å². The average molecular weight is 323 g/mol. The predicted octanol–water partition coefficient (Wildman–Crippen LogP) is 2.80. The van der Waals surface area contributed by atoms with E-state index in [4.69, 9.17) is 11.6 Å². The van der Waals surface area contributed by atoms with Crippen molar-refractivity contribution in [1.29, 1.82) is 0 Å². The maximum atomic E-state index is 12.0. The molecule has 2 aromatic rings. The molecule has 0 aliphatic rings. The van der Waals surface area contributed by atoms with Gasteiger partial charge in [-0.15, -0.1) is 0 Å². The van der Waals surface area contributed by atoms with Gasteiger partial charge in [-0.05, 0) is 18.2 Å². The molecule has 1 amide bonds. The van der Waals surface area contributed by atoms with Gasteiger partial charge in [0, 0.05) is 12.3 Å². The molecule has 112 valence electrons.